The second kappa shape index (κ2) is 20.1. The Labute approximate surface area is 298 Å². The molecule has 2 aromatic rings. The molecule has 3 N–H and O–H groups in total. The summed E-state index contributed by atoms with van der Waals surface area (Å²) in [6.45, 7) is 9.63. The van der Waals surface area contributed by atoms with Crippen molar-refractivity contribution in [3.8, 4) is 0 Å². The third kappa shape index (κ3) is 13.1. The van der Waals surface area contributed by atoms with Crippen LogP contribution in [0.5, 0.6) is 0 Å². The van der Waals surface area contributed by atoms with E-state index in [4.69, 9.17) is 9.47 Å². The van der Waals surface area contributed by atoms with Crippen LogP contribution in [0.25, 0.3) is 6.08 Å². The molecular formula is C38H50F2N4O7. The number of nitrogens with one attached hydrogen (secondary N) is 3. The third-order valence-corrected chi connectivity index (χ3v) is 8.32. The van der Waals surface area contributed by atoms with Crippen molar-refractivity contribution in [3.05, 3.63) is 77.4 Å². The van der Waals surface area contributed by atoms with Gasteiger partial charge >= 0.3 is 12.1 Å². The Morgan fingerprint density at radius 1 is 0.961 bits per heavy atom. The van der Waals surface area contributed by atoms with Crippen LogP contribution in [0.2, 0.25) is 0 Å². The first-order chi connectivity index (χ1) is 24.3. The number of benzene rings is 2. The average molecular weight is 713 g/mol. The van der Waals surface area contributed by atoms with Crippen LogP contribution in [-0.4, -0.2) is 85.5 Å². The highest BCUT2D eigenvalue weighted by Gasteiger charge is 2.44. The third-order valence-electron chi connectivity index (χ3n) is 8.32. The lowest BCUT2D eigenvalue weighted by Gasteiger charge is -2.31. The molecule has 0 bridgehead atoms. The Morgan fingerprint density at radius 3 is 2.33 bits per heavy atom. The van der Waals surface area contributed by atoms with E-state index in [1.54, 1.807) is 39.0 Å². The molecule has 1 fully saturated rings. The number of rotatable bonds is 17. The van der Waals surface area contributed by atoms with E-state index in [9.17, 15) is 32.8 Å². The number of ether oxygens (including phenoxy) is 2. The molecule has 11 nitrogen and oxygen atoms in total. The first kappa shape index (κ1) is 40.6. The lowest BCUT2D eigenvalue weighted by atomic mass is 9.96. The van der Waals surface area contributed by atoms with E-state index in [0.29, 0.717) is 6.42 Å². The molecule has 0 aromatic heterocycles. The van der Waals surface area contributed by atoms with Crippen LogP contribution >= 0.6 is 0 Å². The van der Waals surface area contributed by atoms with Crippen molar-refractivity contribution in [1.29, 1.82) is 0 Å². The number of amides is 4. The Bertz CT molecular complexity index is 1500. The quantitative estimate of drug-likeness (QED) is 0.157. The van der Waals surface area contributed by atoms with Crippen molar-refractivity contribution in [1.82, 2.24) is 20.9 Å². The summed E-state index contributed by atoms with van der Waals surface area (Å²) in [6, 6.07) is 12.9. The number of carbonyl (C=O) groups is 5. The zero-order valence-corrected chi connectivity index (χ0v) is 29.9. The van der Waals surface area contributed by atoms with E-state index < -0.39 is 60.8 Å². The zero-order valence-electron chi connectivity index (χ0n) is 29.9. The van der Waals surface area contributed by atoms with Gasteiger partial charge in [-0.3, -0.25) is 14.4 Å². The van der Waals surface area contributed by atoms with Gasteiger partial charge in [0.15, 0.2) is 0 Å². The van der Waals surface area contributed by atoms with Gasteiger partial charge in [0.1, 0.15) is 18.1 Å². The largest absolute Gasteiger partial charge is 0.463 e. The van der Waals surface area contributed by atoms with E-state index in [-0.39, 0.29) is 50.5 Å². The predicted molar refractivity (Wildman–Crippen MR) is 189 cm³/mol. The molecule has 1 saturated heterocycles. The van der Waals surface area contributed by atoms with Gasteiger partial charge in [0.05, 0.1) is 13.2 Å². The molecular weight excluding hydrogens is 662 g/mol. The van der Waals surface area contributed by atoms with Crippen LogP contribution in [0.3, 0.4) is 0 Å². The van der Waals surface area contributed by atoms with Crippen molar-refractivity contribution < 1.29 is 42.2 Å². The van der Waals surface area contributed by atoms with E-state index in [0.717, 1.165) is 16.7 Å². The van der Waals surface area contributed by atoms with Gasteiger partial charge in [-0.05, 0) is 54.4 Å². The zero-order chi connectivity index (χ0) is 37.5. The number of hydrogen-bond donors (Lipinski definition) is 3. The molecule has 1 aliphatic heterocycles. The number of hydrogen-bond acceptors (Lipinski definition) is 7. The number of alkyl carbamates (subject to hydrolysis) is 1. The standard InChI is InChI=1S/C38H50F2N4O7/c1-6-50-33(45)16-15-26-11-10-12-27(19-26)17-18-41-35(46)30(21-32(39)40)42-36(47)31-20-29(28-13-8-7-9-14-28)22-44(31)37(48)34(25(4)5)43-38(49)51-23-24(2)3/h7-16,19,24-25,29-32,34H,6,17-18,20-23H2,1-5H3,(H,41,46)(H,42,47)(H,43,49)/b16-15+/t29-,30+,31+,34+/m1/s1. The van der Waals surface area contributed by atoms with Gasteiger partial charge in [0.2, 0.25) is 24.1 Å². The SMILES string of the molecule is CCOC(=O)/C=C/c1cccc(CCNC(=O)[C@H](CC(F)F)NC(=O)[C@@H]2C[C@@H](c3ccccc3)CN2C(=O)[C@@H](NC(=O)OCC(C)C)C(C)C)c1. The van der Waals surface area contributed by atoms with Crippen LogP contribution in [0.15, 0.2) is 60.7 Å². The number of likely N-dealkylation sites (tertiary alicyclic amines) is 1. The monoisotopic (exact) mass is 712 g/mol. The van der Waals surface area contributed by atoms with Gasteiger partial charge in [-0.15, -0.1) is 0 Å². The second-order valence-electron chi connectivity index (χ2n) is 13.3. The normalized spacial score (nSPS) is 17.0. The van der Waals surface area contributed by atoms with Crippen molar-refractivity contribution >= 4 is 35.9 Å². The first-order valence-corrected chi connectivity index (χ1v) is 17.4. The molecule has 1 aliphatic rings. The lowest BCUT2D eigenvalue weighted by Crippen LogP contribution is -2.57. The highest BCUT2D eigenvalue weighted by Crippen LogP contribution is 2.33. The fourth-order valence-electron chi connectivity index (χ4n) is 5.74. The average Bonchev–Trinajstić information content (AvgIpc) is 3.54. The topological polar surface area (TPSA) is 143 Å². The Kier molecular flexibility index (Phi) is 16.0. The minimum atomic E-state index is -2.89. The number of esters is 1. The Hall–Kier alpha value is -4.81. The van der Waals surface area contributed by atoms with Gasteiger partial charge in [-0.1, -0.05) is 82.3 Å². The van der Waals surface area contributed by atoms with E-state index in [1.807, 2.05) is 56.3 Å². The molecule has 3 rings (SSSR count). The van der Waals surface area contributed by atoms with Crippen LogP contribution in [0.4, 0.5) is 13.6 Å². The van der Waals surface area contributed by atoms with Crippen molar-refractivity contribution in [2.75, 3.05) is 26.3 Å². The minimum Gasteiger partial charge on any atom is -0.463 e. The molecule has 1 heterocycles. The van der Waals surface area contributed by atoms with Crippen molar-refractivity contribution in [2.24, 2.45) is 11.8 Å². The van der Waals surface area contributed by atoms with Crippen LogP contribution < -0.4 is 16.0 Å². The molecule has 0 unspecified atom stereocenters. The molecule has 0 saturated carbocycles. The minimum absolute atomic E-state index is 0.0818. The lowest BCUT2D eigenvalue weighted by molar-refractivity contribution is -0.141. The maximum atomic E-state index is 14.0. The molecule has 0 aliphatic carbocycles. The summed E-state index contributed by atoms with van der Waals surface area (Å²) < 4.78 is 37.6. The highest BCUT2D eigenvalue weighted by atomic mass is 19.3. The molecule has 4 amide bonds. The fraction of sp³-hybridized carbons (Fsp3) is 0.500. The van der Waals surface area contributed by atoms with Gasteiger partial charge in [0.25, 0.3) is 0 Å². The number of alkyl halides is 2. The fourth-order valence-corrected chi connectivity index (χ4v) is 5.74. The van der Waals surface area contributed by atoms with Gasteiger partial charge < -0.3 is 30.3 Å². The summed E-state index contributed by atoms with van der Waals surface area (Å²) in [6.07, 6.45) is -1.12. The molecule has 4 atom stereocenters. The maximum absolute atomic E-state index is 14.0. The number of carbonyl (C=O) groups excluding carboxylic acids is 5. The summed E-state index contributed by atoms with van der Waals surface area (Å²) in [5.74, 6) is -3.05. The Morgan fingerprint density at radius 2 is 1.69 bits per heavy atom. The van der Waals surface area contributed by atoms with Gasteiger partial charge in [-0.2, -0.15) is 0 Å². The summed E-state index contributed by atoms with van der Waals surface area (Å²) in [5.41, 5.74) is 2.45. The predicted octanol–water partition coefficient (Wildman–Crippen LogP) is 4.85. The summed E-state index contributed by atoms with van der Waals surface area (Å²) >= 11 is 0. The molecule has 0 radical (unpaired) electrons. The summed E-state index contributed by atoms with van der Waals surface area (Å²) in [5, 5.41) is 7.77. The molecule has 0 spiro atoms. The first-order valence-electron chi connectivity index (χ1n) is 17.4. The molecule has 13 heteroatoms. The van der Waals surface area contributed by atoms with E-state index in [2.05, 4.69) is 16.0 Å². The molecule has 51 heavy (non-hydrogen) atoms. The van der Waals surface area contributed by atoms with E-state index in [1.165, 1.54) is 11.0 Å². The maximum Gasteiger partial charge on any atom is 0.407 e. The second-order valence-corrected chi connectivity index (χ2v) is 13.3. The number of halogens is 2. The van der Waals surface area contributed by atoms with Crippen LogP contribution in [-0.2, 0) is 35.1 Å². The summed E-state index contributed by atoms with van der Waals surface area (Å²) in [7, 11) is 0. The van der Waals surface area contributed by atoms with Gasteiger partial charge in [0, 0.05) is 31.5 Å². The Balaban J connectivity index is 1.74. The number of nitrogens with zero attached hydrogens (tertiary/aromatic N) is 1. The van der Waals surface area contributed by atoms with Gasteiger partial charge in [-0.25, -0.2) is 18.4 Å². The van der Waals surface area contributed by atoms with E-state index >= 15 is 0 Å². The van der Waals surface area contributed by atoms with Crippen molar-refractivity contribution in [2.45, 2.75) is 84.4 Å². The summed E-state index contributed by atoms with van der Waals surface area (Å²) in [4.78, 5) is 66.6. The molecule has 278 valence electrons. The van der Waals surface area contributed by atoms with Crippen molar-refractivity contribution in [3.63, 3.8) is 0 Å². The van der Waals surface area contributed by atoms with Crippen LogP contribution in [0, 0.1) is 11.8 Å². The highest BCUT2D eigenvalue weighted by molar-refractivity contribution is 5.94. The smallest absolute Gasteiger partial charge is 0.407 e. The van der Waals surface area contributed by atoms with Crippen LogP contribution in [0.1, 0.15) is 70.1 Å². The molecule has 2 aromatic carbocycles.